The van der Waals surface area contributed by atoms with Gasteiger partial charge in [-0.25, -0.2) is 4.79 Å². The zero-order chi connectivity index (χ0) is 16.7. The zero-order valence-corrected chi connectivity index (χ0v) is 13.7. The van der Waals surface area contributed by atoms with Gasteiger partial charge in [0.15, 0.2) is 0 Å². The van der Waals surface area contributed by atoms with E-state index in [9.17, 15) is 9.90 Å². The van der Waals surface area contributed by atoms with E-state index in [-0.39, 0.29) is 18.7 Å². The summed E-state index contributed by atoms with van der Waals surface area (Å²) in [7, 11) is 0. The van der Waals surface area contributed by atoms with Crippen LogP contribution < -0.4 is 5.32 Å². The minimum Gasteiger partial charge on any atom is -0.396 e. The van der Waals surface area contributed by atoms with Crippen LogP contribution in [0.4, 0.5) is 10.5 Å². The largest absolute Gasteiger partial charge is 0.396 e. The molecule has 0 saturated carbocycles. The third-order valence-electron chi connectivity index (χ3n) is 3.80. The maximum atomic E-state index is 12.7. The molecule has 1 atom stereocenters. The molecule has 0 aromatic heterocycles. The van der Waals surface area contributed by atoms with Crippen LogP contribution >= 0.6 is 0 Å². The lowest BCUT2D eigenvalue weighted by Crippen LogP contribution is -2.41. The Labute approximate surface area is 137 Å². The molecule has 0 fully saturated rings. The predicted molar refractivity (Wildman–Crippen MR) is 93.3 cm³/mol. The van der Waals surface area contributed by atoms with E-state index in [2.05, 4.69) is 5.32 Å². The normalized spacial score (nSPS) is 11.8. The lowest BCUT2D eigenvalue weighted by molar-refractivity contribution is 0.169. The Bertz CT molecular complexity index is 628. The van der Waals surface area contributed by atoms with Crippen molar-refractivity contribution in [2.45, 2.75) is 32.9 Å². The first-order valence-corrected chi connectivity index (χ1v) is 7.89. The highest BCUT2D eigenvalue weighted by atomic mass is 16.3. The maximum absolute atomic E-state index is 12.7. The topological polar surface area (TPSA) is 52.6 Å². The smallest absolute Gasteiger partial charge is 0.322 e. The summed E-state index contributed by atoms with van der Waals surface area (Å²) < 4.78 is 0. The van der Waals surface area contributed by atoms with E-state index >= 15 is 0 Å². The van der Waals surface area contributed by atoms with Gasteiger partial charge in [0.05, 0.1) is 0 Å². The summed E-state index contributed by atoms with van der Waals surface area (Å²) >= 11 is 0. The average Bonchev–Trinajstić information content (AvgIpc) is 2.53. The summed E-state index contributed by atoms with van der Waals surface area (Å²) in [4.78, 5) is 14.4. The Balaban J connectivity index is 2.13. The minimum atomic E-state index is -0.152. The molecule has 2 aromatic carbocycles. The van der Waals surface area contributed by atoms with Crippen LogP contribution in [0.25, 0.3) is 0 Å². The second-order valence-electron chi connectivity index (χ2n) is 5.77. The van der Waals surface area contributed by atoms with Crippen molar-refractivity contribution in [3.05, 3.63) is 65.7 Å². The summed E-state index contributed by atoms with van der Waals surface area (Å²) in [5.74, 6) is 0. The molecule has 2 amide bonds. The summed E-state index contributed by atoms with van der Waals surface area (Å²) in [6, 6.07) is 17.4. The Morgan fingerprint density at radius 3 is 2.57 bits per heavy atom. The predicted octanol–water partition coefficient (Wildman–Crippen LogP) is 3.80. The fourth-order valence-corrected chi connectivity index (χ4v) is 2.47. The van der Waals surface area contributed by atoms with E-state index < -0.39 is 0 Å². The van der Waals surface area contributed by atoms with Crippen LogP contribution in [0.5, 0.6) is 0 Å². The van der Waals surface area contributed by atoms with Crippen molar-refractivity contribution in [2.24, 2.45) is 0 Å². The quantitative estimate of drug-likeness (QED) is 0.852. The third-order valence-corrected chi connectivity index (χ3v) is 3.80. The van der Waals surface area contributed by atoms with Crippen molar-refractivity contribution < 1.29 is 9.90 Å². The Hall–Kier alpha value is -2.33. The van der Waals surface area contributed by atoms with Crippen molar-refractivity contribution in [3.63, 3.8) is 0 Å². The van der Waals surface area contributed by atoms with Crippen LogP contribution in [-0.4, -0.2) is 28.7 Å². The number of benzene rings is 2. The van der Waals surface area contributed by atoms with Crippen molar-refractivity contribution in [1.29, 1.82) is 0 Å². The van der Waals surface area contributed by atoms with Crippen LogP contribution in [0, 0.1) is 6.92 Å². The third kappa shape index (κ3) is 5.11. The number of aliphatic hydroxyl groups is 1. The van der Waals surface area contributed by atoms with Gasteiger partial charge in [0.1, 0.15) is 0 Å². The summed E-state index contributed by atoms with van der Waals surface area (Å²) in [6.45, 7) is 4.52. The molecule has 1 unspecified atom stereocenters. The van der Waals surface area contributed by atoms with Gasteiger partial charge < -0.3 is 15.3 Å². The second-order valence-corrected chi connectivity index (χ2v) is 5.77. The van der Waals surface area contributed by atoms with E-state index in [4.69, 9.17) is 0 Å². The van der Waals surface area contributed by atoms with Crippen molar-refractivity contribution in [3.8, 4) is 0 Å². The first kappa shape index (κ1) is 17.0. The van der Waals surface area contributed by atoms with Gasteiger partial charge in [-0.05, 0) is 43.5 Å². The van der Waals surface area contributed by atoms with E-state index in [1.807, 2.05) is 68.4 Å². The highest BCUT2D eigenvalue weighted by Gasteiger charge is 2.20. The van der Waals surface area contributed by atoms with Gasteiger partial charge in [0.2, 0.25) is 0 Å². The van der Waals surface area contributed by atoms with Crippen molar-refractivity contribution >= 4 is 11.7 Å². The molecule has 4 nitrogen and oxygen atoms in total. The van der Waals surface area contributed by atoms with Crippen LogP contribution in [0.3, 0.4) is 0 Å². The van der Waals surface area contributed by atoms with Crippen LogP contribution in [0.15, 0.2) is 54.6 Å². The van der Waals surface area contributed by atoms with Gasteiger partial charge in [0.25, 0.3) is 0 Å². The van der Waals surface area contributed by atoms with E-state index in [1.54, 1.807) is 4.90 Å². The molecule has 0 radical (unpaired) electrons. The average molecular weight is 312 g/mol. The number of rotatable bonds is 6. The molecule has 0 heterocycles. The van der Waals surface area contributed by atoms with Gasteiger partial charge in [-0.2, -0.15) is 0 Å². The number of carbonyl (C=O) groups is 1. The number of nitrogens with zero attached hydrogens (tertiary/aromatic N) is 1. The number of hydrogen-bond acceptors (Lipinski definition) is 2. The Morgan fingerprint density at radius 2 is 1.91 bits per heavy atom. The molecule has 0 saturated heterocycles. The number of aryl methyl sites for hydroxylation is 1. The molecule has 2 rings (SSSR count). The van der Waals surface area contributed by atoms with E-state index in [1.165, 1.54) is 0 Å². The van der Waals surface area contributed by atoms with E-state index in [0.29, 0.717) is 13.0 Å². The lowest BCUT2D eigenvalue weighted by atomic mass is 10.1. The molecule has 2 N–H and O–H groups in total. The van der Waals surface area contributed by atoms with Crippen molar-refractivity contribution in [2.75, 3.05) is 11.9 Å². The van der Waals surface area contributed by atoms with Gasteiger partial charge in [-0.1, -0.05) is 42.5 Å². The van der Waals surface area contributed by atoms with Crippen LogP contribution in [0.2, 0.25) is 0 Å². The molecular formula is C19H24N2O2. The fourth-order valence-electron chi connectivity index (χ4n) is 2.47. The first-order chi connectivity index (χ1) is 11.1. The van der Waals surface area contributed by atoms with Crippen molar-refractivity contribution in [1.82, 2.24) is 4.90 Å². The van der Waals surface area contributed by atoms with E-state index in [0.717, 1.165) is 16.8 Å². The second kappa shape index (κ2) is 8.34. The number of nitrogens with one attached hydrogen (secondary N) is 1. The summed E-state index contributed by atoms with van der Waals surface area (Å²) in [6.07, 6.45) is 0.550. The SMILES string of the molecule is Cc1cccc(NC(=O)N(Cc2ccccc2)C(C)CCO)c1. The molecule has 0 bridgehead atoms. The number of aliphatic hydroxyl groups excluding tert-OH is 1. The molecule has 122 valence electrons. The molecule has 23 heavy (non-hydrogen) atoms. The molecule has 0 aliphatic carbocycles. The summed E-state index contributed by atoms with van der Waals surface area (Å²) in [5, 5.41) is 12.1. The van der Waals surface area contributed by atoms with Gasteiger partial charge in [-0.15, -0.1) is 0 Å². The number of urea groups is 1. The van der Waals surface area contributed by atoms with Crippen LogP contribution in [0.1, 0.15) is 24.5 Å². The molecule has 0 aliphatic heterocycles. The molecule has 0 aliphatic rings. The molecule has 4 heteroatoms. The maximum Gasteiger partial charge on any atom is 0.322 e. The lowest BCUT2D eigenvalue weighted by Gasteiger charge is -2.29. The van der Waals surface area contributed by atoms with Gasteiger partial charge >= 0.3 is 6.03 Å². The number of carbonyl (C=O) groups excluding carboxylic acids is 1. The van der Waals surface area contributed by atoms with Gasteiger partial charge in [-0.3, -0.25) is 0 Å². The van der Waals surface area contributed by atoms with Crippen LogP contribution in [-0.2, 0) is 6.54 Å². The fraction of sp³-hybridized carbons (Fsp3) is 0.316. The highest BCUT2D eigenvalue weighted by molar-refractivity contribution is 5.89. The molecule has 2 aromatic rings. The standard InChI is InChI=1S/C19H24N2O2/c1-15-7-6-10-18(13-15)20-19(23)21(16(2)11-12-22)14-17-8-4-3-5-9-17/h3-10,13,16,22H,11-12,14H2,1-2H3,(H,20,23). The Kier molecular flexibility index (Phi) is 6.18. The number of anilines is 1. The monoisotopic (exact) mass is 312 g/mol. The summed E-state index contributed by atoms with van der Waals surface area (Å²) in [5.41, 5.74) is 2.95. The highest BCUT2D eigenvalue weighted by Crippen LogP contribution is 2.15. The van der Waals surface area contributed by atoms with Gasteiger partial charge in [0, 0.05) is 24.9 Å². The minimum absolute atomic E-state index is 0.0509. The molecular weight excluding hydrogens is 288 g/mol. The first-order valence-electron chi connectivity index (χ1n) is 7.89. The molecule has 0 spiro atoms. The number of amides is 2. The Morgan fingerprint density at radius 1 is 1.17 bits per heavy atom. The zero-order valence-electron chi connectivity index (χ0n) is 13.7. The number of hydrogen-bond donors (Lipinski definition) is 2.